The minimum Gasteiger partial charge on any atom is -0.394 e. The Morgan fingerprint density at radius 1 is 1.44 bits per heavy atom. The van der Waals surface area contributed by atoms with Crippen LogP contribution in [0.1, 0.15) is 11.3 Å². The van der Waals surface area contributed by atoms with Crippen LogP contribution in [0, 0.1) is 6.92 Å². The van der Waals surface area contributed by atoms with Crippen LogP contribution in [0.2, 0.25) is 0 Å². The molecule has 2 heterocycles. The molecule has 0 saturated heterocycles. The maximum atomic E-state index is 5.91. The second kappa shape index (κ2) is 3.88. The quantitative estimate of drug-likeness (QED) is 0.796. The summed E-state index contributed by atoms with van der Waals surface area (Å²) in [4.78, 5) is 0. The Morgan fingerprint density at radius 2 is 2.19 bits per heavy atom. The van der Waals surface area contributed by atoms with Crippen LogP contribution in [0.4, 0.5) is 11.5 Å². The molecule has 16 heavy (non-hydrogen) atoms. The zero-order chi connectivity index (χ0) is 11.7. The van der Waals surface area contributed by atoms with Crippen LogP contribution < -0.4 is 11.1 Å². The van der Waals surface area contributed by atoms with Crippen molar-refractivity contribution < 1.29 is 0 Å². The van der Waals surface area contributed by atoms with Crippen molar-refractivity contribution in [1.29, 1.82) is 0 Å². The number of nitrogens with zero attached hydrogens (tertiary/aromatic N) is 4. The van der Waals surface area contributed by atoms with Crippen molar-refractivity contribution in [1.82, 2.24) is 19.6 Å². The van der Waals surface area contributed by atoms with E-state index in [-0.39, 0.29) is 0 Å². The zero-order valence-electron chi connectivity index (χ0n) is 9.73. The first-order valence-corrected chi connectivity index (χ1v) is 5.08. The Labute approximate surface area is 94.1 Å². The van der Waals surface area contributed by atoms with Gasteiger partial charge in [-0.15, -0.1) is 0 Å². The molecule has 6 nitrogen and oxygen atoms in total. The molecule has 0 aromatic carbocycles. The van der Waals surface area contributed by atoms with E-state index in [4.69, 9.17) is 5.73 Å². The van der Waals surface area contributed by atoms with Crippen molar-refractivity contribution >= 4 is 11.5 Å². The highest BCUT2D eigenvalue weighted by atomic mass is 15.3. The molecule has 2 rings (SSSR count). The molecule has 0 atom stereocenters. The third kappa shape index (κ3) is 1.86. The van der Waals surface area contributed by atoms with E-state index in [1.54, 1.807) is 9.36 Å². The highest BCUT2D eigenvalue weighted by molar-refractivity contribution is 5.64. The molecule has 0 amide bonds. The number of aromatic nitrogens is 4. The molecular formula is C10H16N6. The molecule has 6 heteroatoms. The third-order valence-electron chi connectivity index (χ3n) is 2.49. The summed E-state index contributed by atoms with van der Waals surface area (Å²) in [6, 6.07) is 0. The molecule has 86 valence electrons. The van der Waals surface area contributed by atoms with Gasteiger partial charge in [0.2, 0.25) is 0 Å². The van der Waals surface area contributed by atoms with E-state index < -0.39 is 0 Å². The molecule has 0 spiro atoms. The molecule has 3 N–H and O–H groups in total. The van der Waals surface area contributed by atoms with E-state index in [1.807, 2.05) is 33.4 Å². The van der Waals surface area contributed by atoms with Gasteiger partial charge in [0, 0.05) is 32.4 Å². The van der Waals surface area contributed by atoms with E-state index in [1.165, 1.54) is 0 Å². The van der Waals surface area contributed by atoms with Gasteiger partial charge in [-0.3, -0.25) is 9.36 Å². The first-order valence-electron chi connectivity index (χ1n) is 5.08. The van der Waals surface area contributed by atoms with Crippen molar-refractivity contribution in [2.24, 2.45) is 14.1 Å². The van der Waals surface area contributed by atoms with Crippen molar-refractivity contribution in [3.63, 3.8) is 0 Å². The van der Waals surface area contributed by atoms with Gasteiger partial charge in [0.05, 0.1) is 17.6 Å². The first-order chi connectivity index (χ1) is 7.58. The first kappa shape index (κ1) is 10.5. The normalized spacial score (nSPS) is 10.7. The summed E-state index contributed by atoms with van der Waals surface area (Å²) in [6.45, 7) is 2.58. The van der Waals surface area contributed by atoms with Gasteiger partial charge >= 0.3 is 0 Å². The summed E-state index contributed by atoms with van der Waals surface area (Å²) >= 11 is 0. The number of hydrogen-bond acceptors (Lipinski definition) is 4. The lowest BCUT2D eigenvalue weighted by molar-refractivity contribution is 0.757. The van der Waals surface area contributed by atoms with Crippen LogP contribution in [-0.4, -0.2) is 19.6 Å². The second-order valence-electron chi connectivity index (χ2n) is 3.85. The standard InChI is InChI=1S/C10H16N6/c1-7-9(11)10(16(3)14-7)12-4-8-5-13-15(2)6-8/h5-6,12H,4,11H2,1-3H3. The number of anilines is 2. The Bertz CT molecular complexity index is 495. The van der Waals surface area contributed by atoms with Gasteiger partial charge in [0.1, 0.15) is 5.82 Å². The largest absolute Gasteiger partial charge is 0.394 e. The fraction of sp³-hybridized carbons (Fsp3) is 0.400. The van der Waals surface area contributed by atoms with Gasteiger partial charge in [-0.05, 0) is 6.92 Å². The summed E-state index contributed by atoms with van der Waals surface area (Å²) in [6.07, 6.45) is 3.79. The number of aryl methyl sites for hydroxylation is 3. The molecule has 0 unspecified atom stereocenters. The molecular weight excluding hydrogens is 204 g/mol. The molecule has 0 radical (unpaired) electrons. The van der Waals surface area contributed by atoms with Crippen LogP contribution in [-0.2, 0) is 20.6 Å². The van der Waals surface area contributed by atoms with E-state index in [9.17, 15) is 0 Å². The summed E-state index contributed by atoms with van der Waals surface area (Å²) < 4.78 is 3.52. The van der Waals surface area contributed by atoms with Crippen molar-refractivity contribution in [3.8, 4) is 0 Å². The number of nitrogen functional groups attached to an aromatic ring is 1. The molecule has 2 aromatic heterocycles. The Kier molecular flexibility index (Phi) is 2.55. The lowest BCUT2D eigenvalue weighted by atomic mass is 10.3. The van der Waals surface area contributed by atoms with Crippen LogP contribution in [0.25, 0.3) is 0 Å². The van der Waals surface area contributed by atoms with Crippen LogP contribution in [0.3, 0.4) is 0 Å². The highest BCUT2D eigenvalue weighted by Gasteiger charge is 2.09. The van der Waals surface area contributed by atoms with Crippen molar-refractivity contribution in [2.75, 3.05) is 11.1 Å². The minimum atomic E-state index is 0.691. The van der Waals surface area contributed by atoms with Crippen molar-refractivity contribution in [2.45, 2.75) is 13.5 Å². The molecule has 0 aliphatic carbocycles. The molecule has 0 aliphatic rings. The lowest BCUT2D eigenvalue weighted by Gasteiger charge is -2.05. The second-order valence-corrected chi connectivity index (χ2v) is 3.85. The van der Waals surface area contributed by atoms with Gasteiger partial charge in [-0.2, -0.15) is 10.2 Å². The fourth-order valence-corrected chi connectivity index (χ4v) is 1.63. The van der Waals surface area contributed by atoms with E-state index in [2.05, 4.69) is 15.5 Å². The maximum Gasteiger partial charge on any atom is 0.148 e. The SMILES string of the molecule is Cc1nn(C)c(NCc2cnn(C)c2)c1N. The van der Waals surface area contributed by atoms with E-state index in [0.29, 0.717) is 12.2 Å². The predicted octanol–water partition coefficient (Wildman–Crippen LogP) is 0.656. The van der Waals surface area contributed by atoms with E-state index >= 15 is 0 Å². The zero-order valence-corrected chi connectivity index (χ0v) is 9.73. The third-order valence-corrected chi connectivity index (χ3v) is 2.49. The lowest BCUT2D eigenvalue weighted by Crippen LogP contribution is -2.05. The smallest absolute Gasteiger partial charge is 0.148 e. The topological polar surface area (TPSA) is 73.7 Å². The highest BCUT2D eigenvalue weighted by Crippen LogP contribution is 2.21. The summed E-state index contributed by atoms with van der Waals surface area (Å²) in [7, 11) is 3.76. The molecule has 0 saturated carbocycles. The van der Waals surface area contributed by atoms with Crippen LogP contribution >= 0.6 is 0 Å². The van der Waals surface area contributed by atoms with Gasteiger partial charge in [0.25, 0.3) is 0 Å². The maximum absolute atomic E-state index is 5.91. The molecule has 0 bridgehead atoms. The Morgan fingerprint density at radius 3 is 2.69 bits per heavy atom. The number of hydrogen-bond donors (Lipinski definition) is 2. The van der Waals surface area contributed by atoms with Crippen molar-refractivity contribution in [3.05, 3.63) is 23.7 Å². The monoisotopic (exact) mass is 220 g/mol. The van der Waals surface area contributed by atoms with Gasteiger partial charge in [-0.1, -0.05) is 0 Å². The summed E-state index contributed by atoms with van der Waals surface area (Å²) in [5.74, 6) is 0.848. The van der Waals surface area contributed by atoms with Gasteiger partial charge < -0.3 is 11.1 Å². The number of nitrogens with one attached hydrogen (secondary N) is 1. The Balaban J connectivity index is 2.10. The predicted molar refractivity (Wildman–Crippen MR) is 62.9 cm³/mol. The van der Waals surface area contributed by atoms with E-state index in [0.717, 1.165) is 17.1 Å². The average molecular weight is 220 g/mol. The van der Waals surface area contributed by atoms with Crippen LogP contribution in [0.5, 0.6) is 0 Å². The number of rotatable bonds is 3. The molecule has 0 fully saturated rings. The fourth-order valence-electron chi connectivity index (χ4n) is 1.63. The average Bonchev–Trinajstić information content (AvgIpc) is 2.72. The molecule has 2 aromatic rings. The summed E-state index contributed by atoms with van der Waals surface area (Å²) in [5.41, 5.74) is 8.56. The Hall–Kier alpha value is -1.98. The summed E-state index contributed by atoms with van der Waals surface area (Å²) in [5, 5.41) is 11.6. The number of nitrogens with two attached hydrogens (primary N) is 1. The van der Waals surface area contributed by atoms with Gasteiger partial charge in [-0.25, -0.2) is 0 Å². The minimum absolute atomic E-state index is 0.691. The van der Waals surface area contributed by atoms with Crippen LogP contribution in [0.15, 0.2) is 12.4 Å². The molecule has 0 aliphatic heterocycles. The van der Waals surface area contributed by atoms with Gasteiger partial charge in [0.15, 0.2) is 0 Å².